The van der Waals surface area contributed by atoms with Crippen LogP contribution in [0.5, 0.6) is 5.75 Å². The number of nitrogens with one attached hydrogen (secondary N) is 1. The molecular weight excluding hydrogens is 300 g/mol. The molecular formula is C17H13ClN2O2. The Morgan fingerprint density at radius 2 is 1.86 bits per heavy atom. The molecule has 4 nitrogen and oxygen atoms in total. The van der Waals surface area contributed by atoms with Crippen LogP contribution in [0, 0.1) is 0 Å². The highest BCUT2D eigenvalue weighted by Crippen LogP contribution is 2.23. The van der Waals surface area contributed by atoms with Crippen molar-refractivity contribution in [3.63, 3.8) is 0 Å². The van der Waals surface area contributed by atoms with Gasteiger partial charge in [0.1, 0.15) is 17.3 Å². The standard InChI is InChI=1S/C17H13ClN2O2/c1-22-15-9-5-3-7-12(15)16-19-14(17(21)20-16)10-11-6-2-4-8-13(11)18/h2-10H,1H3,(H,19,20,21)/b14-10-. The van der Waals surface area contributed by atoms with Crippen molar-refractivity contribution in [3.05, 3.63) is 70.4 Å². The largest absolute Gasteiger partial charge is 0.496 e. The number of amides is 1. The first-order chi connectivity index (χ1) is 10.7. The molecule has 0 saturated carbocycles. The van der Waals surface area contributed by atoms with Crippen molar-refractivity contribution in [2.75, 3.05) is 7.11 Å². The topological polar surface area (TPSA) is 50.7 Å². The van der Waals surface area contributed by atoms with Crippen LogP contribution in [-0.4, -0.2) is 18.9 Å². The van der Waals surface area contributed by atoms with Crippen molar-refractivity contribution >= 4 is 29.4 Å². The van der Waals surface area contributed by atoms with Crippen LogP contribution >= 0.6 is 11.6 Å². The summed E-state index contributed by atoms with van der Waals surface area (Å²) in [6.45, 7) is 0. The van der Waals surface area contributed by atoms with Crippen LogP contribution < -0.4 is 10.1 Å². The van der Waals surface area contributed by atoms with E-state index in [0.717, 1.165) is 11.1 Å². The molecule has 3 rings (SSSR count). The predicted octanol–water partition coefficient (Wildman–Crippen LogP) is 3.27. The molecule has 0 radical (unpaired) electrons. The first kappa shape index (κ1) is 14.4. The molecule has 110 valence electrons. The first-order valence-corrected chi connectivity index (χ1v) is 7.06. The molecule has 22 heavy (non-hydrogen) atoms. The zero-order chi connectivity index (χ0) is 15.5. The van der Waals surface area contributed by atoms with Crippen molar-refractivity contribution < 1.29 is 9.53 Å². The van der Waals surface area contributed by atoms with E-state index in [4.69, 9.17) is 16.3 Å². The van der Waals surface area contributed by atoms with E-state index in [1.165, 1.54) is 0 Å². The number of hydrogen-bond donors (Lipinski definition) is 1. The summed E-state index contributed by atoms with van der Waals surface area (Å²) < 4.78 is 5.29. The summed E-state index contributed by atoms with van der Waals surface area (Å²) in [6.07, 6.45) is 1.67. The third kappa shape index (κ3) is 2.73. The number of ether oxygens (including phenoxy) is 1. The molecule has 0 aromatic heterocycles. The zero-order valence-electron chi connectivity index (χ0n) is 11.8. The fourth-order valence-electron chi connectivity index (χ4n) is 2.18. The number of methoxy groups -OCH3 is 1. The average Bonchev–Trinajstić information content (AvgIpc) is 2.90. The Bertz CT molecular complexity index is 797. The van der Waals surface area contributed by atoms with Crippen LogP contribution in [0.4, 0.5) is 0 Å². The van der Waals surface area contributed by atoms with Gasteiger partial charge in [0.2, 0.25) is 0 Å². The molecule has 1 amide bonds. The number of hydrogen-bond acceptors (Lipinski definition) is 3. The van der Waals surface area contributed by atoms with Gasteiger partial charge in [0.25, 0.3) is 5.91 Å². The van der Waals surface area contributed by atoms with Crippen molar-refractivity contribution in [2.45, 2.75) is 0 Å². The van der Waals surface area contributed by atoms with E-state index in [1.54, 1.807) is 19.3 Å². The van der Waals surface area contributed by atoms with Crippen LogP contribution in [-0.2, 0) is 4.79 Å². The van der Waals surface area contributed by atoms with Gasteiger partial charge in [-0.1, -0.05) is 41.9 Å². The van der Waals surface area contributed by atoms with Crippen molar-refractivity contribution in [2.24, 2.45) is 4.99 Å². The number of aliphatic imine (C=N–C) groups is 1. The summed E-state index contributed by atoms with van der Waals surface area (Å²) in [5.74, 6) is 0.863. The minimum Gasteiger partial charge on any atom is -0.496 e. The monoisotopic (exact) mass is 312 g/mol. The van der Waals surface area contributed by atoms with Gasteiger partial charge in [0, 0.05) is 5.02 Å². The number of halogens is 1. The summed E-state index contributed by atoms with van der Waals surface area (Å²) in [4.78, 5) is 16.5. The van der Waals surface area contributed by atoms with Crippen LogP contribution in [0.2, 0.25) is 5.02 Å². The lowest BCUT2D eigenvalue weighted by Gasteiger charge is -2.06. The maximum Gasteiger partial charge on any atom is 0.275 e. The summed E-state index contributed by atoms with van der Waals surface area (Å²) in [5, 5.41) is 3.33. The maximum atomic E-state index is 12.1. The summed E-state index contributed by atoms with van der Waals surface area (Å²) in [5.41, 5.74) is 1.80. The van der Waals surface area contributed by atoms with Crippen LogP contribution in [0.1, 0.15) is 11.1 Å². The van der Waals surface area contributed by atoms with E-state index < -0.39 is 0 Å². The summed E-state index contributed by atoms with van der Waals surface area (Å²) >= 11 is 6.11. The van der Waals surface area contributed by atoms with E-state index in [2.05, 4.69) is 10.3 Å². The van der Waals surface area contributed by atoms with Gasteiger partial charge in [-0.05, 0) is 29.8 Å². The van der Waals surface area contributed by atoms with Gasteiger partial charge in [-0.2, -0.15) is 0 Å². The van der Waals surface area contributed by atoms with Crippen molar-refractivity contribution in [1.29, 1.82) is 0 Å². The fourth-order valence-corrected chi connectivity index (χ4v) is 2.37. The highest BCUT2D eigenvalue weighted by molar-refractivity contribution is 6.32. The number of carbonyl (C=O) groups is 1. The molecule has 1 aliphatic rings. The predicted molar refractivity (Wildman–Crippen MR) is 87.1 cm³/mol. The average molecular weight is 313 g/mol. The lowest BCUT2D eigenvalue weighted by molar-refractivity contribution is -0.115. The third-order valence-electron chi connectivity index (χ3n) is 3.26. The lowest BCUT2D eigenvalue weighted by atomic mass is 10.2. The molecule has 2 aromatic rings. The highest BCUT2D eigenvalue weighted by atomic mass is 35.5. The Morgan fingerprint density at radius 3 is 2.64 bits per heavy atom. The second kappa shape index (κ2) is 6.03. The Hall–Kier alpha value is -2.59. The Balaban J connectivity index is 2.00. The lowest BCUT2D eigenvalue weighted by Crippen LogP contribution is -2.25. The summed E-state index contributed by atoms with van der Waals surface area (Å²) in [7, 11) is 1.58. The minimum atomic E-state index is -0.263. The number of para-hydroxylation sites is 1. The molecule has 1 N–H and O–H groups in total. The molecule has 1 aliphatic heterocycles. The number of benzene rings is 2. The third-order valence-corrected chi connectivity index (χ3v) is 3.60. The molecule has 0 unspecified atom stereocenters. The minimum absolute atomic E-state index is 0.263. The van der Waals surface area contributed by atoms with Gasteiger partial charge in [0.05, 0.1) is 12.7 Å². The molecule has 2 aromatic carbocycles. The van der Waals surface area contributed by atoms with Crippen LogP contribution in [0.15, 0.2) is 59.2 Å². The Morgan fingerprint density at radius 1 is 1.14 bits per heavy atom. The van der Waals surface area contributed by atoms with E-state index >= 15 is 0 Å². The maximum absolute atomic E-state index is 12.1. The highest BCUT2D eigenvalue weighted by Gasteiger charge is 2.23. The summed E-state index contributed by atoms with van der Waals surface area (Å²) in [6, 6.07) is 14.7. The first-order valence-electron chi connectivity index (χ1n) is 6.68. The van der Waals surface area contributed by atoms with Gasteiger partial charge in [-0.15, -0.1) is 0 Å². The molecule has 1 heterocycles. The molecule has 0 spiro atoms. The van der Waals surface area contributed by atoms with Crippen molar-refractivity contribution in [1.82, 2.24) is 5.32 Å². The van der Waals surface area contributed by atoms with Gasteiger partial charge in [-0.3, -0.25) is 4.79 Å². The van der Waals surface area contributed by atoms with E-state index in [0.29, 0.717) is 22.3 Å². The van der Waals surface area contributed by atoms with Gasteiger partial charge in [0.15, 0.2) is 0 Å². The van der Waals surface area contributed by atoms with Crippen LogP contribution in [0.25, 0.3) is 6.08 Å². The second-order valence-electron chi connectivity index (χ2n) is 4.67. The van der Waals surface area contributed by atoms with Gasteiger partial charge < -0.3 is 10.1 Å². The Labute approximate surface area is 133 Å². The van der Waals surface area contributed by atoms with E-state index in [-0.39, 0.29) is 5.91 Å². The van der Waals surface area contributed by atoms with E-state index in [1.807, 2.05) is 42.5 Å². The SMILES string of the molecule is COc1ccccc1C1=N/C(=C\c2ccccc2Cl)C(=O)N1. The molecule has 0 atom stereocenters. The van der Waals surface area contributed by atoms with Crippen LogP contribution in [0.3, 0.4) is 0 Å². The number of amidine groups is 1. The van der Waals surface area contributed by atoms with Crippen molar-refractivity contribution in [3.8, 4) is 5.75 Å². The second-order valence-corrected chi connectivity index (χ2v) is 5.07. The molecule has 0 saturated heterocycles. The smallest absolute Gasteiger partial charge is 0.275 e. The van der Waals surface area contributed by atoms with Gasteiger partial charge >= 0.3 is 0 Å². The Kier molecular flexibility index (Phi) is 3.94. The van der Waals surface area contributed by atoms with Gasteiger partial charge in [-0.25, -0.2) is 4.99 Å². The quantitative estimate of drug-likeness (QED) is 0.884. The fraction of sp³-hybridized carbons (Fsp3) is 0.0588. The number of carbonyl (C=O) groups excluding carboxylic acids is 1. The molecule has 5 heteroatoms. The molecule has 0 aliphatic carbocycles. The molecule has 0 fully saturated rings. The normalized spacial score (nSPS) is 15.6. The van der Waals surface area contributed by atoms with E-state index in [9.17, 15) is 4.79 Å². The zero-order valence-corrected chi connectivity index (χ0v) is 12.6. The molecule has 0 bridgehead atoms. The number of rotatable bonds is 3. The number of nitrogens with zero attached hydrogens (tertiary/aromatic N) is 1.